The number of carboxylic acid groups (broad SMARTS) is 1. The predicted octanol–water partition coefficient (Wildman–Crippen LogP) is 3.60. The molecule has 30 heavy (non-hydrogen) atoms. The number of rotatable bonds is 5. The average molecular weight is 430 g/mol. The van der Waals surface area contributed by atoms with E-state index >= 15 is 0 Å². The lowest BCUT2D eigenvalue weighted by molar-refractivity contribution is -0.136. The summed E-state index contributed by atoms with van der Waals surface area (Å²) in [5.41, 5.74) is 5.53. The molecule has 0 aliphatic carbocycles. The number of halogens is 1. The van der Waals surface area contributed by atoms with Crippen LogP contribution in [0.15, 0.2) is 42.5 Å². The van der Waals surface area contributed by atoms with Gasteiger partial charge < -0.3 is 10.0 Å². The lowest BCUT2D eigenvalue weighted by atomic mass is 10.0. The second-order valence-electron chi connectivity index (χ2n) is 7.90. The van der Waals surface area contributed by atoms with Crippen molar-refractivity contribution in [2.75, 3.05) is 43.0 Å². The number of urea groups is 1. The number of anilines is 2. The number of carboxylic acids is 1. The van der Waals surface area contributed by atoms with Crippen LogP contribution in [0.4, 0.5) is 16.2 Å². The first-order valence-electron chi connectivity index (χ1n) is 10.2. The van der Waals surface area contributed by atoms with E-state index in [1.807, 2.05) is 29.2 Å². The van der Waals surface area contributed by atoms with Crippen LogP contribution in [-0.2, 0) is 24.1 Å². The highest BCUT2D eigenvalue weighted by molar-refractivity contribution is 6.06. The number of carbonyl (C=O) groups excluding carboxylic acids is 1. The molecule has 2 aromatic rings. The predicted molar refractivity (Wildman–Crippen MR) is 121 cm³/mol. The van der Waals surface area contributed by atoms with Gasteiger partial charge in [0.15, 0.2) is 0 Å². The van der Waals surface area contributed by atoms with Gasteiger partial charge in [0.1, 0.15) is 0 Å². The summed E-state index contributed by atoms with van der Waals surface area (Å²) in [6, 6.07) is 14.1. The van der Waals surface area contributed by atoms with E-state index in [4.69, 9.17) is 5.11 Å². The van der Waals surface area contributed by atoms with Crippen LogP contribution >= 0.6 is 12.4 Å². The molecule has 2 aliphatic heterocycles. The van der Waals surface area contributed by atoms with Crippen molar-refractivity contribution in [3.63, 3.8) is 0 Å². The molecule has 6 nitrogen and oxygen atoms in total. The first-order chi connectivity index (χ1) is 14.0. The van der Waals surface area contributed by atoms with Crippen molar-refractivity contribution in [2.45, 2.75) is 25.7 Å². The van der Waals surface area contributed by atoms with Crippen molar-refractivity contribution in [1.29, 1.82) is 0 Å². The Morgan fingerprint density at radius 3 is 2.17 bits per heavy atom. The monoisotopic (exact) mass is 429 g/mol. The number of likely N-dealkylation sites (N-methyl/N-ethyl adjacent to an activating group) is 1. The fourth-order valence-corrected chi connectivity index (χ4v) is 4.10. The van der Waals surface area contributed by atoms with Crippen LogP contribution in [0.3, 0.4) is 0 Å². The molecule has 1 N–H and O–H groups in total. The number of hydrogen-bond donors (Lipinski definition) is 1. The topological polar surface area (TPSA) is 64.1 Å². The normalized spacial score (nSPS) is 16.8. The maximum absolute atomic E-state index is 13.1. The molecule has 0 atom stereocenters. The van der Waals surface area contributed by atoms with Gasteiger partial charge in [-0.25, -0.2) is 4.79 Å². The molecule has 0 spiro atoms. The number of aliphatic carboxylic acids is 1. The van der Waals surface area contributed by atoms with E-state index in [1.165, 1.54) is 11.1 Å². The van der Waals surface area contributed by atoms with Crippen LogP contribution in [-0.4, -0.2) is 55.2 Å². The number of aryl methyl sites for hydroxylation is 1. The summed E-state index contributed by atoms with van der Waals surface area (Å²) in [6.07, 6.45) is 2.69. The van der Waals surface area contributed by atoms with E-state index in [-0.39, 0.29) is 24.9 Å². The Kier molecular flexibility index (Phi) is 7.00. The first-order valence-corrected chi connectivity index (χ1v) is 10.2. The van der Waals surface area contributed by atoms with E-state index in [0.717, 1.165) is 42.9 Å². The molecule has 0 bridgehead atoms. The SMILES string of the molecule is CN1CCc2ccc(N3CCN(c4ccc(CCC(=O)O)cc4)C3=O)cc2CC1.Cl. The highest BCUT2D eigenvalue weighted by Crippen LogP contribution is 2.28. The molecular weight excluding hydrogens is 402 g/mol. The molecule has 0 aromatic heterocycles. The molecule has 7 heteroatoms. The first kappa shape index (κ1) is 22.1. The second kappa shape index (κ2) is 9.49. The van der Waals surface area contributed by atoms with Crippen LogP contribution in [0, 0.1) is 0 Å². The minimum Gasteiger partial charge on any atom is -0.481 e. The number of carbonyl (C=O) groups is 2. The smallest absolute Gasteiger partial charge is 0.329 e. The van der Waals surface area contributed by atoms with Gasteiger partial charge in [0.2, 0.25) is 0 Å². The molecule has 1 fully saturated rings. The van der Waals surface area contributed by atoms with Crippen LogP contribution in [0.5, 0.6) is 0 Å². The Morgan fingerprint density at radius 2 is 1.50 bits per heavy atom. The van der Waals surface area contributed by atoms with Gasteiger partial charge in [-0.1, -0.05) is 18.2 Å². The number of benzene rings is 2. The van der Waals surface area contributed by atoms with Crippen LogP contribution in [0.1, 0.15) is 23.1 Å². The van der Waals surface area contributed by atoms with E-state index in [9.17, 15) is 9.59 Å². The zero-order valence-corrected chi connectivity index (χ0v) is 18.0. The molecule has 1 saturated heterocycles. The Hall–Kier alpha value is -2.57. The summed E-state index contributed by atoms with van der Waals surface area (Å²) in [5, 5.41) is 8.82. The zero-order chi connectivity index (χ0) is 20.4. The van der Waals surface area contributed by atoms with Gasteiger partial charge in [-0.05, 0) is 67.3 Å². The Balaban J connectivity index is 0.00000256. The third kappa shape index (κ3) is 4.77. The molecule has 0 saturated carbocycles. The van der Waals surface area contributed by atoms with Gasteiger partial charge in [-0.15, -0.1) is 12.4 Å². The molecule has 2 aliphatic rings. The number of nitrogens with zero attached hydrogens (tertiary/aromatic N) is 3. The maximum Gasteiger partial charge on any atom is 0.329 e. The summed E-state index contributed by atoms with van der Waals surface area (Å²) in [4.78, 5) is 29.8. The molecule has 2 aromatic carbocycles. The molecular formula is C23H28ClN3O3. The number of hydrogen-bond acceptors (Lipinski definition) is 3. The quantitative estimate of drug-likeness (QED) is 0.788. The minimum atomic E-state index is -0.799. The van der Waals surface area contributed by atoms with Crippen LogP contribution in [0.25, 0.3) is 0 Å². The van der Waals surface area contributed by atoms with Gasteiger partial charge in [-0.2, -0.15) is 0 Å². The molecule has 2 heterocycles. The Morgan fingerprint density at radius 1 is 0.900 bits per heavy atom. The van der Waals surface area contributed by atoms with Crippen LogP contribution in [0.2, 0.25) is 0 Å². The van der Waals surface area contributed by atoms with Gasteiger partial charge in [0.05, 0.1) is 0 Å². The van der Waals surface area contributed by atoms with Crippen molar-refractivity contribution in [3.05, 3.63) is 59.2 Å². The molecule has 4 rings (SSSR count). The van der Waals surface area contributed by atoms with Crippen molar-refractivity contribution in [1.82, 2.24) is 4.90 Å². The van der Waals surface area contributed by atoms with E-state index in [1.54, 1.807) is 4.90 Å². The third-order valence-electron chi connectivity index (χ3n) is 5.91. The number of fused-ring (bicyclic) bond motifs is 1. The van der Waals surface area contributed by atoms with E-state index < -0.39 is 5.97 Å². The van der Waals surface area contributed by atoms with Crippen molar-refractivity contribution < 1.29 is 14.7 Å². The Bertz CT molecular complexity index is 916. The summed E-state index contributed by atoms with van der Waals surface area (Å²) in [6.45, 7) is 3.43. The van der Waals surface area contributed by atoms with Crippen LogP contribution < -0.4 is 9.80 Å². The standard InChI is InChI=1S/C23H27N3O3.ClH/c1-24-12-10-18-5-8-21(16-19(18)11-13-24)26-15-14-25(23(26)29)20-6-2-17(3-7-20)4-9-22(27)28;/h2-3,5-8,16H,4,9-15H2,1H3,(H,27,28);1H. The summed E-state index contributed by atoms with van der Waals surface area (Å²) in [7, 11) is 2.15. The van der Waals surface area contributed by atoms with Gasteiger partial charge in [0.25, 0.3) is 0 Å². The average Bonchev–Trinajstić information content (AvgIpc) is 3.00. The molecule has 0 unspecified atom stereocenters. The summed E-state index contributed by atoms with van der Waals surface area (Å²) >= 11 is 0. The Labute approximate surface area is 183 Å². The summed E-state index contributed by atoms with van der Waals surface area (Å²) < 4.78 is 0. The van der Waals surface area contributed by atoms with Gasteiger partial charge in [-0.3, -0.25) is 14.6 Å². The second-order valence-corrected chi connectivity index (χ2v) is 7.90. The lowest BCUT2D eigenvalue weighted by Gasteiger charge is -2.20. The molecule has 0 radical (unpaired) electrons. The van der Waals surface area contributed by atoms with Gasteiger partial charge >= 0.3 is 12.0 Å². The van der Waals surface area contributed by atoms with Gasteiger partial charge in [0, 0.05) is 44.0 Å². The van der Waals surface area contributed by atoms with E-state index in [2.05, 4.69) is 30.1 Å². The largest absolute Gasteiger partial charge is 0.481 e. The van der Waals surface area contributed by atoms with Crippen molar-refractivity contribution in [3.8, 4) is 0 Å². The molecule has 160 valence electrons. The highest BCUT2D eigenvalue weighted by atomic mass is 35.5. The maximum atomic E-state index is 13.1. The highest BCUT2D eigenvalue weighted by Gasteiger charge is 2.31. The zero-order valence-electron chi connectivity index (χ0n) is 17.2. The fourth-order valence-electron chi connectivity index (χ4n) is 4.10. The number of amides is 2. The minimum absolute atomic E-state index is 0. The van der Waals surface area contributed by atoms with Crippen molar-refractivity contribution in [2.24, 2.45) is 0 Å². The van der Waals surface area contributed by atoms with Crippen molar-refractivity contribution >= 4 is 35.8 Å². The van der Waals surface area contributed by atoms with E-state index in [0.29, 0.717) is 19.5 Å². The lowest BCUT2D eigenvalue weighted by Crippen LogP contribution is -2.31. The summed E-state index contributed by atoms with van der Waals surface area (Å²) in [5.74, 6) is -0.799. The fraction of sp³-hybridized carbons (Fsp3) is 0.391. The molecule has 2 amide bonds. The third-order valence-corrected chi connectivity index (χ3v) is 5.91.